The number of hydrogen-bond acceptors (Lipinski definition) is 6. The summed E-state index contributed by atoms with van der Waals surface area (Å²) in [5.74, 6) is -0.846. The van der Waals surface area contributed by atoms with Crippen molar-refractivity contribution in [3.63, 3.8) is 0 Å². The first-order valence-corrected chi connectivity index (χ1v) is 12.0. The highest BCUT2D eigenvalue weighted by Gasteiger charge is 2.44. The SMILES string of the molecule is O=C(C1=C(O)C(=O)N(Cc2ccncc2)[C@H]1c1cccc(OCc2ccccc2)c1)c1cccs1. The maximum absolute atomic E-state index is 13.4. The van der Waals surface area contributed by atoms with E-state index in [0.717, 1.165) is 11.1 Å². The number of carbonyl (C=O) groups excluding carboxylic acids is 2. The Balaban J connectivity index is 1.51. The van der Waals surface area contributed by atoms with E-state index in [1.165, 1.54) is 16.2 Å². The Labute approximate surface area is 206 Å². The predicted octanol–water partition coefficient (Wildman–Crippen LogP) is 5.50. The van der Waals surface area contributed by atoms with E-state index in [1.54, 1.807) is 42.0 Å². The van der Waals surface area contributed by atoms with Gasteiger partial charge in [-0.25, -0.2) is 0 Å². The van der Waals surface area contributed by atoms with Crippen molar-refractivity contribution >= 4 is 23.0 Å². The van der Waals surface area contributed by atoms with Gasteiger partial charge in [-0.15, -0.1) is 11.3 Å². The van der Waals surface area contributed by atoms with Crippen LogP contribution in [0.3, 0.4) is 0 Å². The van der Waals surface area contributed by atoms with E-state index in [-0.39, 0.29) is 17.9 Å². The van der Waals surface area contributed by atoms with E-state index in [0.29, 0.717) is 22.8 Å². The molecular formula is C28H22N2O4S. The summed E-state index contributed by atoms with van der Waals surface area (Å²) in [5, 5.41) is 12.7. The number of thiophene rings is 1. The van der Waals surface area contributed by atoms with E-state index >= 15 is 0 Å². The van der Waals surface area contributed by atoms with Gasteiger partial charge >= 0.3 is 0 Å². The fourth-order valence-electron chi connectivity index (χ4n) is 4.14. The topological polar surface area (TPSA) is 79.7 Å². The lowest BCUT2D eigenvalue weighted by Crippen LogP contribution is -2.30. The molecule has 0 aliphatic carbocycles. The van der Waals surface area contributed by atoms with Crippen molar-refractivity contribution in [2.24, 2.45) is 0 Å². The van der Waals surface area contributed by atoms with Crippen LogP contribution in [0.4, 0.5) is 0 Å². The first-order valence-electron chi connectivity index (χ1n) is 11.1. The molecule has 5 rings (SSSR count). The van der Waals surface area contributed by atoms with Crippen molar-refractivity contribution in [1.29, 1.82) is 0 Å². The Morgan fingerprint density at radius 1 is 0.971 bits per heavy atom. The number of Topliss-reactive ketones (excluding diaryl/α,β-unsaturated/α-hetero) is 1. The fraction of sp³-hybridized carbons (Fsp3) is 0.107. The van der Waals surface area contributed by atoms with Gasteiger partial charge in [0.1, 0.15) is 12.4 Å². The highest BCUT2D eigenvalue weighted by molar-refractivity contribution is 7.12. The van der Waals surface area contributed by atoms with Gasteiger partial charge in [0.25, 0.3) is 5.91 Å². The van der Waals surface area contributed by atoms with E-state index < -0.39 is 17.7 Å². The molecule has 2 aromatic heterocycles. The minimum absolute atomic E-state index is 0.0757. The van der Waals surface area contributed by atoms with Crippen molar-refractivity contribution in [3.8, 4) is 5.75 Å². The summed E-state index contributed by atoms with van der Waals surface area (Å²) in [7, 11) is 0. The van der Waals surface area contributed by atoms with Crippen molar-refractivity contribution < 1.29 is 19.4 Å². The Kier molecular flexibility index (Phi) is 6.41. The zero-order valence-electron chi connectivity index (χ0n) is 18.7. The third-order valence-corrected chi connectivity index (χ3v) is 6.69. The van der Waals surface area contributed by atoms with Crippen LogP contribution in [-0.4, -0.2) is 26.7 Å². The molecule has 1 aliphatic rings. The molecule has 7 heteroatoms. The van der Waals surface area contributed by atoms with Crippen molar-refractivity contribution in [3.05, 3.63) is 130 Å². The van der Waals surface area contributed by atoms with E-state index in [9.17, 15) is 14.7 Å². The molecule has 6 nitrogen and oxygen atoms in total. The van der Waals surface area contributed by atoms with Crippen LogP contribution in [0.15, 0.2) is 108 Å². The number of ketones is 1. The number of nitrogens with zero attached hydrogens (tertiary/aromatic N) is 2. The normalized spacial score (nSPS) is 15.5. The molecule has 1 atom stereocenters. The molecule has 1 N–H and O–H groups in total. The Morgan fingerprint density at radius 2 is 1.77 bits per heavy atom. The quantitative estimate of drug-likeness (QED) is 0.336. The number of amides is 1. The van der Waals surface area contributed by atoms with Crippen molar-refractivity contribution in [1.82, 2.24) is 9.88 Å². The van der Waals surface area contributed by atoms with Crippen LogP contribution in [0, 0.1) is 0 Å². The van der Waals surface area contributed by atoms with Gasteiger partial charge in [-0.05, 0) is 52.4 Å². The number of rotatable bonds is 8. The van der Waals surface area contributed by atoms with Crippen molar-refractivity contribution in [2.45, 2.75) is 19.2 Å². The molecule has 0 spiro atoms. The minimum atomic E-state index is -0.759. The number of benzene rings is 2. The smallest absolute Gasteiger partial charge is 0.290 e. The summed E-state index contributed by atoms with van der Waals surface area (Å²) in [6.45, 7) is 0.600. The molecule has 0 fully saturated rings. The zero-order chi connectivity index (χ0) is 24.2. The molecule has 35 heavy (non-hydrogen) atoms. The Hall–Kier alpha value is -4.23. The average Bonchev–Trinajstić information content (AvgIpc) is 3.52. The van der Waals surface area contributed by atoms with Crippen LogP contribution >= 0.6 is 11.3 Å². The lowest BCUT2D eigenvalue weighted by molar-refractivity contribution is -0.130. The standard InChI is InChI=1S/C28H22N2O4S/c31-26(23-10-5-15-35-23)24-25(30(28(33)27(24)32)17-19-11-13-29-14-12-19)21-8-4-9-22(16-21)34-18-20-6-2-1-3-7-20/h1-16,25,32H,17-18H2/t25-/m0/s1. The number of aliphatic hydroxyl groups excluding tert-OH is 1. The molecule has 0 unspecified atom stereocenters. The summed E-state index contributed by atoms with van der Waals surface area (Å²) in [6, 6.07) is 23.5. The second-order valence-electron chi connectivity index (χ2n) is 8.11. The summed E-state index contributed by atoms with van der Waals surface area (Å²) in [4.78, 5) is 32.6. The van der Waals surface area contributed by atoms with Crippen LogP contribution < -0.4 is 4.74 Å². The molecule has 3 heterocycles. The third kappa shape index (κ3) is 4.72. The number of carbonyl (C=O) groups is 2. The first-order chi connectivity index (χ1) is 17.1. The van der Waals surface area contributed by atoms with Gasteiger partial charge in [0, 0.05) is 18.9 Å². The summed E-state index contributed by atoms with van der Waals surface area (Å²) >= 11 is 1.27. The van der Waals surface area contributed by atoms with Gasteiger partial charge in [0.05, 0.1) is 16.5 Å². The maximum Gasteiger partial charge on any atom is 0.290 e. The molecule has 0 radical (unpaired) electrons. The summed E-state index contributed by atoms with van der Waals surface area (Å²) < 4.78 is 5.99. The molecule has 0 saturated heterocycles. The third-order valence-electron chi connectivity index (χ3n) is 5.82. The van der Waals surface area contributed by atoms with E-state index in [1.807, 2.05) is 54.6 Å². The van der Waals surface area contributed by atoms with Gasteiger partial charge < -0.3 is 14.7 Å². The molecule has 4 aromatic rings. The molecule has 0 bridgehead atoms. The Morgan fingerprint density at radius 3 is 2.51 bits per heavy atom. The number of aromatic nitrogens is 1. The second-order valence-corrected chi connectivity index (χ2v) is 9.05. The number of aliphatic hydroxyl groups is 1. The second kappa shape index (κ2) is 9.95. The number of ether oxygens (including phenoxy) is 1. The van der Waals surface area contributed by atoms with Gasteiger partial charge in [0.2, 0.25) is 5.78 Å². The highest BCUT2D eigenvalue weighted by Crippen LogP contribution is 2.41. The zero-order valence-corrected chi connectivity index (χ0v) is 19.5. The molecule has 0 saturated carbocycles. The van der Waals surface area contributed by atoms with Crippen LogP contribution in [0.5, 0.6) is 5.75 Å². The monoisotopic (exact) mass is 482 g/mol. The van der Waals surface area contributed by atoms with Gasteiger partial charge in [-0.3, -0.25) is 14.6 Å². The average molecular weight is 483 g/mol. The maximum atomic E-state index is 13.4. The molecule has 1 amide bonds. The number of hydrogen-bond donors (Lipinski definition) is 1. The largest absolute Gasteiger partial charge is 0.503 e. The Bertz CT molecular complexity index is 1370. The lowest BCUT2D eigenvalue weighted by atomic mass is 9.95. The van der Waals surface area contributed by atoms with Gasteiger partial charge in [-0.2, -0.15) is 0 Å². The summed E-state index contributed by atoms with van der Waals surface area (Å²) in [5.41, 5.74) is 2.63. The highest BCUT2D eigenvalue weighted by atomic mass is 32.1. The van der Waals surface area contributed by atoms with Crippen LogP contribution in [-0.2, 0) is 17.9 Å². The van der Waals surface area contributed by atoms with Crippen molar-refractivity contribution in [2.75, 3.05) is 0 Å². The van der Waals surface area contributed by atoms with Gasteiger partial charge in [-0.1, -0.05) is 48.5 Å². The molecule has 1 aliphatic heterocycles. The molecule has 2 aromatic carbocycles. The lowest BCUT2D eigenvalue weighted by Gasteiger charge is -2.27. The van der Waals surface area contributed by atoms with E-state index in [4.69, 9.17) is 4.74 Å². The van der Waals surface area contributed by atoms with E-state index in [2.05, 4.69) is 4.98 Å². The molecule has 174 valence electrons. The fourth-order valence-corrected chi connectivity index (χ4v) is 4.81. The predicted molar refractivity (Wildman–Crippen MR) is 133 cm³/mol. The molecular weight excluding hydrogens is 460 g/mol. The summed E-state index contributed by atoms with van der Waals surface area (Å²) in [6.07, 6.45) is 3.29. The van der Waals surface area contributed by atoms with Crippen LogP contribution in [0.2, 0.25) is 0 Å². The van der Waals surface area contributed by atoms with Crippen LogP contribution in [0.1, 0.15) is 32.4 Å². The van der Waals surface area contributed by atoms with Gasteiger partial charge in [0.15, 0.2) is 5.76 Å². The minimum Gasteiger partial charge on any atom is -0.503 e. The first kappa shape index (κ1) is 22.6. The van der Waals surface area contributed by atoms with Crippen LogP contribution in [0.25, 0.3) is 0 Å². The number of pyridine rings is 1.